The van der Waals surface area contributed by atoms with E-state index >= 15 is 0 Å². The summed E-state index contributed by atoms with van der Waals surface area (Å²) < 4.78 is 38.8. The van der Waals surface area contributed by atoms with Crippen molar-refractivity contribution in [2.75, 3.05) is 0 Å². The van der Waals surface area contributed by atoms with Gasteiger partial charge in [0.2, 0.25) is 0 Å². The number of aliphatic hydroxyl groups is 1. The first-order chi connectivity index (χ1) is 9.77. The van der Waals surface area contributed by atoms with Gasteiger partial charge in [0.1, 0.15) is 0 Å². The lowest BCUT2D eigenvalue weighted by atomic mass is 9.96. The minimum absolute atomic E-state index is 0.361. The van der Waals surface area contributed by atoms with Gasteiger partial charge < -0.3 is 5.11 Å². The zero-order valence-corrected chi connectivity index (χ0v) is 12.9. The molecule has 112 valence electrons. The minimum atomic E-state index is -4.36. The van der Waals surface area contributed by atoms with Crippen molar-refractivity contribution < 1.29 is 18.3 Å². The van der Waals surface area contributed by atoms with Crippen molar-refractivity contribution in [3.63, 3.8) is 0 Å². The number of benzene rings is 2. The van der Waals surface area contributed by atoms with Crippen LogP contribution in [0.3, 0.4) is 0 Å². The topological polar surface area (TPSA) is 20.2 Å². The van der Waals surface area contributed by atoms with Crippen LogP contribution in [0, 0.1) is 6.92 Å². The zero-order valence-electron chi connectivity index (χ0n) is 11.3. The van der Waals surface area contributed by atoms with Crippen LogP contribution in [0.25, 0.3) is 0 Å². The molecule has 1 unspecified atom stereocenters. The number of aryl methyl sites for hydroxylation is 1. The van der Waals surface area contributed by atoms with E-state index in [0.29, 0.717) is 17.5 Å². The van der Waals surface area contributed by atoms with E-state index in [4.69, 9.17) is 0 Å². The summed E-state index contributed by atoms with van der Waals surface area (Å²) in [7, 11) is 0. The molecule has 0 spiro atoms. The van der Waals surface area contributed by atoms with E-state index in [1.165, 1.54) is 6.07 Å². The van der Waals surface area contributed by atoms with Crippen molar-refractivity contribution in [1.29, 1.82) is 0 Å². The van der Waals surface area contributed by atoms with E-state index in [2.05, 4.69) is 15.9 Å². The fraction of sp³-hybridized carbons (Fsp3) is 0.250. The van der Waals surface area contributed by atoms with Gasteiger partial charge in [-0.15, -0.1) is 0 Å². The Kier molecular flexibility index (Phi) is 4.74. The fourth-order valence-corrected chi connectivity index (χ4v) is 2.44. The predicted octanol–water partition coefficient (Wildman–Crippen LogP) is 5.05. The van der Waals surface area contributed by atoms with Crippen molar-refractivity contribution in [3.05, 3.63) is 69.2 Å². The molecule has 2 rings (SSSR count). The molecule has 0 amide bonds. The lowest BCUT2D eigenvalue weighted by molar-refractivity contribution is -0.137. The van der Waals surface area contributed by atoms with Crippen molar-refractivity contribution in [3.8, 4) is 0 Å². The average Bonchev–Trinajstić information content (AvgIpc) is 2.40. The van der Waals surface area contributed by atoms with Gasteiger partial charge in [0.25, 0.3) is 0 Å². The van der Waals surface area contributed by atoms with Gasteiger partial charge in [-0.05, 0) is 47.9 Å². The summed E-state index contributed by atoms with van der Waals surface area (Å²) in [5, 5.41) is 10.2. The summed E-state index contributed by atoms with van der Waals surface area (Å²) in [4.78, 5) is 0. The van der Waals surface area contributed by atoms with E-state index in [1.54, 1.807) is 6.92 Å². The van der Waals surface area contributed by atoms with Crippen molar-refractivity contribution in [2.24, 2.45) is 0 Å². The first-order valence-corrected chi connectivity index (χ1v) is 7.17. The Morgan fingerprint density at radius 1 is 1.10 bits per heavy atom. The van der Waals surface area contributed by atoms with Crippen LogP contribution >= 0.6 is 15.9 Å². The first-order valence-electron chi connectivity index (χ1n) is 6.37. The standard InChI is InChI=1S/C16H14BrF3O/c1-10-8-12(16(18,19)20)4-7-14(10)15(21)9-11-2-5-13(17)6-3-11/h2-8,15,21H,9H2,1H3. The van der Waals surface area contributed by atoms with Gasteiger partial charge in [-0.3, -0.25) is 0 Å². The molecule has 0 bridgehead atoms. The SMILES string of the molecule is Cc1cc(C(F)(F)F)ccc1C(O)Cc1ccc(Br)cc1. The highest BCUT2D eigenvalue weighted by Gasteiger charge is 2.30. The maximum absolute atomic E-state index is 12.6. The van der Waals surface area contributed by atoms with Crippen molar-refractivity contribution in [1.82, 2.24) is 0 Å². The van der Waals surface area contributed by atoms with Crippen LogP contribution in [-0.4, -0.2) is 5.11 Å². The maximum atomic E-state index is 12.6. The summed E-state index contributed by atoms with van der Waals surface area (Å²) in [6.07, 6.45) is -4.83. The number of alkyl halides is 3. The quantitative estimate of drug-likeness (QED) is 0.813. The highest BCUT2D eigenvalue weighted by Crippen LogP contribution is 2.32. The third-order valence-corrected chi connectivity index (χ3v) is 3.83. The molecule has 0 saturated carbocycles. The van der Waals surface area contributed by atoms with Gasteiger partial charge >= 0.3 is 6.18 Å². The Bertz CT molecular complexity index is 620. The Hall–Kier alpha value is -1.33. The molecule has 1 atom stereocenters. The number of hydrogen-bond donors (Lipinski definition) is 1. The second-order valence-electron chi connectivity index (χ2n) is 4.92. The van der Waals surface area contributed by atoms with Gasteiger partial charge in [0.05, 0.1) is 11.7 Å². The number of rotatable bonds is 3. The number of aliphatic hydroxyl groups excluding tert-OH is 1. The van der Waals surface area contributed by atoms with E-state index in [-0.39, 0.29) is 0 Å². The van der Waals surface area contributed by atoms with Crippen LogP contribution in [0.15, 0.2) is 46.9 Å². The largest absolute Gasteiger partial charge is 0.416 e. The number of halogens is 4. The molecule has 0 aliphatic rings. The third-order valence-electron chi connectivity index (χ3n) is 3.30. The monoisotopic (exact) mass is 358 g/mol. The lowest BCUT2D eigenvalue weighted by Gasteiger charge is -2.16. The molecular weight excluding hydrogens is 345 g/mol. The Morgan fingerprint density at radius 3 is 2.24 bits per heavy atom. The van der Waals surface area contributed by atoms with Crippen LogP contribution in [0.4, 0.5) is 13.2 Å². The Morgan fingerprint density at radius 2 is 1.71 bits per heavy atom. The maximum Gasteiger partial charge on any atom is 0.416 e. The van der Waals surface area contributed by atoms with Crippen LogP contribution in [-0.2, 0) is 12.6 Å². The van der Waals surface area contributed by atoms with Gasteiger partial charge in [0.15, 0.2) is 0 Å². The van der Waals surface area contributed by atoms with Crippen molar-refractivity contribution in [2.45, 2.75) is 25.6 Å². The zero-order chi connectivity index (χ0) is 15.6. The fourth-order valence-electron chi connectivity index (χ4n) is 2.18. The highest BCUT2D eigenvalue weighted by atomic mass is 79.9. The smallest absolute Gasteiger partial charge is 0.388 e. The summed E-state index contributed by atoms with van der Waals surface area (Å²) >= 11 is 3.33. The lowest BCUT2D eigenvalue weighted by Crippen LogP contribution is -2.08. The molecule has 2 aromatic rings. The normalized spacial score (nSPS) is 13.2. The van der Waals surface area contributed by atoms with Gasteiger partial charge in [0, 0.05) is 10.9 Å². The van der Waals surface area contributed by atoms with Gasteiger partial charge in [-0.1, -0.05) is 34.1 Å². The molecule has 0 heterocycles. The van der Waals surface area contributed by atoms with Gasteiger partial charge in [-0.25, -0.2) is 0 Å². The predicted molar refractivity (Wildman–Crippen MR) is 79.0 cm³/mol. The minimum Gasteiger partial charge on any atom is -0.388 e. The molecule has 2 aromatic carbocycles. The molecule has 0 fully saturated rings. The second-order valence-corrected chi connectivity index (χ2v) is 5.83. The third kappa shape index (κ3) is 4.08. The second kappa shape index (κ2) is 6.20. The Labute approximate surface area is 129 Å². The van der Waals surface area contributed by atoms with E-state index in [9.17, 15) is 18.3 Å². The summed E-state index contributed by atoms with van der Waals surface area (Å²) in [5.74, 6) is 0. The molecule has 1 N–H and O–H groups in total. The molecule has 0 saturated heterocycles. The Balaban J connectivity index is 2.19. The summed E-state index contributed by atoms with van der Waals surface area (Å²) in [6, 6.07) is 10.9. The van der Waals surface area contributed by atoms with Crippen LogP contribution in [0.5, 0.6) is 0 Å². The first kappa shape index (κ1) is 16.0. The van der Waals surface area contributed by atoms with Gasteiger partial charge in [-0.2, -0.15) is 13.2 Å². The molecule has 0 aromatic heterocycles. The molecule has 5 heteroatoms. The van der Waals surface area contributed by atoms with E-state index in [1.807, 2.05) is 24.3 Å². The molecule has 0 aliphatic heterocycles. The number of hydrogen-bond acceptors (Lipinski definition) is 1. The van der Waals surface area contributed by atoms with Crippen molar-refractivity contribution >= 4 is 15.9 Å². The van der Waals surface area contributed by atoms with Crippen LogP contribution in [0.2, 0.25) is 0 Å². The van der Waals surface area contributed by atoms with E-state index < -0.39 is 17.8 Å². The molecule has 0 radical (unpaired) electrons. The highest BCUT2D eigenvalue weighted by molar-refractivity contribution is 9.10. The molecule has 0 aliphatic carbocycles. The summed E-state index contributed by atoms with van der Waals surface area (Å²) in [6.45, 7) is 1.58. The van der Waals surface area contributed by atoms with E-state index in [0.717, 1.165) is 22.2 Å². The molecule has 1 nitrogen and oxygen atoms in total. The molecular formula is C16H14BrF3O. The van der Waals surface area contributed by atoms with Crippen LogP contribution in [0.1, 0.15) is 28.4 Å². The average molecular weight is 359 g/mol. The van der Waals surface area contributed by atoms with Crippen LogP contribution < -0.4 is 0 Å². The summed E-state index contributed by atoms with van der Waals surface area (Å²) in [5.41, 5.74) is 1.19. The molecule has 21 heavy (non-hydrogen) atoms.